The Bertz CT molecular complexity index is 180. The van der Waals surface area contributed by atoms with Crippen molar-refractivity contribution in [3.05, 3.63) is 12.4 Å². The Morgan fingerprint density at radius 3 is 2.18 bits per heavy atom. The highest BCUT2D eigenvalue weighted by molar-refractivity contribution is 5.79. The minimum atomic E-state index is -0.0265. The van der Waals surface area contributed by atoms with E-state index in [0.717, 1.165) is 0 Å². The first kappa shape index (κ1) is 9.33. The maximum atomic E-state index is 4.92. The van der Waals surface area contributed by atoms with Crippen LogP contribution in [0, 0.1) is 0 Å². The molecule has 0 aliphatic heterocycles. The van der Waals surface area contributed by atoms with Crippen molar-refractivity contribution in [3.63, 3.8) is 0 Å². The fraction of sp³-hybridized carbons (Fsp3) is 0. The summed E-state index contributed by atoms with van der Waals surface area (Å²) in [5.41, 5.74) is 4.24. The average molecular weight is 158 g/mol. The number of nitrogens with one attached hydrogen (secondary N) is 2. The highest BCUT2D eigenvalue weighted by Gasteiger charge is 1.89. The molecule has 0 unspecified atom stereocenters. The summed E-state index contributed by atoms with van der Waals surface area (Å²) >= 11 is 0. The summed E-state index contributed by atoms with van der Waals surface area (Å²) in [5, 5.41) is 9.95. The fourth-order valence-corrected chi connectivity index (χ4v) is 0.229. The molecule has 0 amide bonds. The minimum Gasteiger partial charge on any atom is -0.320 e. The molecule has 0 aliphatic rings. The Kier molecular flexibility index (Phi) is 4.36. The van der Waals surface area contributed by atoms with E-state index in [1.165, 1.54) is 0 Å². The minimum absolute atomic E-state index is 0.0265. The second-order valence-electron chi connectivity index (χ2n) is 1.39. The molecule has 0 bridgehead atoms. The molecule has 0 atom stereocenters. The van der Waals surface area contributed by atoms with Crippen LogP contribution in [0.2, 0.25) is 0 Å². The van der Waals surface area contributed by atoms with E-state index in [1.54, 1.807) is 0 Å². The Labute approximate surface area is 63.2 Å². The van der Waals surface area contributed by atoms with Crippen LogP contribution in [0.3, 0.4) is 0 Å². The van der Waals surface area contributed by atoms with E-state index < -0.39 is 0 Å². The Morgan fingerprint density at radius 1 is 1.18 bits per heavy atom. The molecule has 11 heavy (non-hydrogen) atoms. The molecule has 0 aliphatic carbocycles. The first-order chi connectivity index (χ1) is 5.24. The molecule has 0 spiro atoms. The molecule has 8 nitrogen and oxygen atoms in total. The topological polar surface area (TPSA) is 139 Å². The Balaban J connectivity index is 4.00. The summed E-state index contributed by atoms with van der Waals surface area (Å²) in [6.45, 7) is 3.35. The zero-order valence-corrected chi connectivity index (χ0v) is 5.78. The van der Waals surface area contributed by atoms with Crippen LogP contribution in [-0.2, 0) is 0 Å². The highest BCUT2D eigenvalue weighted by Crippen LogP contribution is 1.84. The zero-order chi connectivity index (χ0) is 8.69. The molecular weight excluding hydrogens is 148 g/mol. The van der Waals surface area contributed by atoms with Crippen molar-refractivity contribution in [2.24, 2.45) is 32.9 Å². The molecule has 8 N–H and O–H groups in total. The summed E-state index contributed by atoms with van der Waals surface area (Å²) in [7, 11) is 0. The summed E-state index contributed by atoms with van der Waals surface area (Å²) in [6, 6.07) is 0. The van der Waals surface area contributed by atoms with Crippen LogP contribution in [0.1, 0.15) is 0 Å². The smallest absolute Gasteiger partial charge is 0.273 e. The number of hydrogen-bond acceptors (Lipinski definition) is 6. The van der Waals surface area contributed by atoms with Gasteiger partial charge in [-0.15, -0.1) is 15.3 Å². The lowest BCUT2D eigenvalue weighted by Crippen LogP contribution is -2.29. The molecule has 8 heteroatoms. The van der Waals surface area contributed by atoms with E-state index in [-0.39, 0.29) is 11.8 Å². The molecule has 0 saturated carbocycles. The Morgan fingerprint density at radius 2 is 1.82 bits per heavy atom. The number of hydrazine groups is 2. The number of guanidine groups is 1. The number of hydrogen-bond donors (Lipinski definition) is 5. The Hall–Kier alpha value is -1.67. The first-order valence-corrected chi connectivity index (χ1v) is 2.56. The largest absolute Gasteiger partial charge is 0.320 e. The third-order valence-corrected chi connectivity index (χ3v) is 0.683. The molecule has 0 aromatic carbocycles. The predicted molar refractivity (Wildman–Crippen MR) is 40.3 cm³/mol. The predicted octanol–water partition coefficient (Wildman–Crippen LogP) is -1.93. The second-order valence-corrected chi connectivity index (χ2v) is 1.39. The molecule has 0 aromatic rings. The van der Waals surface area contributed by atoms with Gasteiger partial charge in [0, 0.05) is 0 Å². The number of hydrazone groups is 1. The maximum absolute atomic E-state index is 4.92. The fourth-order valence-electron chi connectivity index (χ4n) is 0.229. The van der Waals surface area contributed by atoms with Crippen LogP contribution < -0.4 is 28.4 Å². The van der Waals surface area contributed by atoms with Gasteiger partial charge in [0.2, 0.25) is 0 Å². The van der Waals surface area contributed by atoms with E-state index in [9.17, 15) is 0 Å². The van der Waals surface area contributed by atoms with Gasteiger partial charge in [-0.25, -0.2) is 11.7 Å². The van der Waals surface area contributed by atoms with Gasteiger partial charge < -0.3 is 11.3 Å². The number of azo groups is 1. The van der Waals surface area contributed by atoms with Crippen LogP contribution in [0.4, 0.5) is 0 Å². The van der Waals surface area contributed by atoms with Crippen molar-refractivity contribution >= 4 is 5.96 Å². The standard InChI is InChI=1S/C3H10N8/c1-2(7-4)10-11-3(8-5)9-6/h7H,1,4-6H2,(H,8,9)/b11-10-. The lowest BCUT2D eigenvalue weighted by atomic mass is 10.9. The van der Waals surface area contributed by atoms with Crippen LogP contribution in [-0.4, -0.2) is 5.96 Å². The number of nitrogens with two attached hydrogens (primary N) is 3. The monoisotopic (exact) mass is 158 g/mol. The van der Waals surface area contributed by atoms with Gasteiger partial charge in [0.25, 0.3) is 5.96 Å². The average Bonchev–Trinajstić information content (AvgIpc) is 2.06. The molecular formula is C3H10N8. The molecule has 0 radical (unpaired) electrons. The quantitative estimate of drug-likeness (QED) is 0.105. The summed E-state index contributed by atoms with van der Waals surface area (Å²) in [5.74, 6) is 14.8. The van der Waals surface area contributed by atoms with Gasteiger partial charge in [0.15, 0.2) is 5.82 Å². The van der Waals surface area contributed by atoms with E-state index in [4.69, 9.17) is 17.5 Å². The molecule has 0 saturated heterocycles. The van der Waals surface area contributed by atoms with Crippen molar-refractivity contribution in [2.75, 3.05) is 0 Å². The highest BCUT2D eigenvalue weighted by atomic mass is 15.4. The SMILES string of the molecule is C=C(/N=N\C(=N/N)NN)NN. The van der Waals surface area contributed by atoms with Crippen molar-refractivity contribution in [1.29, 1.82) is 0 Å². The maximum Gasteiger partial charge on any atom is 0.273 e. The molecule has 0 heterocycles. The van der Waals surface area contributed by atoms with E-state index in [0.29, 0.717) is 0 Å². The number of nitrogens with zero attached hydrogens (tertiary/aromatic N) is 3. The molecule has 0 aromatic heterocycles. The van der Waals surface area contributed by atoms with Crippen molar-refractivity contribution in [1.82, 2.24) is 10.9 Å². The summed E-state index contributed by atoms with van der Waals surface area (Å²) in [4.78, 5) is 0. The van der Waals surface area contributed by atoms with E-state index >= 15 is 0 Å². The van der Waals surface area contributed by atoms with Gasteiger partial charge in [-0.3, -0.25) is 5.43 Å². The lowest BCUT2D eigenvalue weighted by Gasteiger charge is -1.95. The zero-order valence-electron chi connectivity index (χ0n) is 5.78. The second kappa shape index (κ2) is 5.14. The van der Waals surface area contributed by atoms with Gasteiger partial charge >= 0.3 is 0 Å². The van der Waals surface area contributed by atoms with Crippen LogP contribution in [0.15, 0.2) is 27.7 Å². The number of rotatable bonds is 2. The van der Waals surface area contributed by atoms with Crippen LogP contribution in [0.5, 0.6) is 0 Å². The van der Waals surface area contributed by atoms with Gasteiger partial charge in [-0.1, -0.05) is 6.58 Å². The van der Waals surface area contributed by atoms with Gasteiger partial charge in [0.1, 0.15) is 0 Å². The third kappa shape index (κ3) is 3.83. The molecule has 62 valence electrons. The molecule has 0 fully saturated rings. The van der Waals surface area contributed by atoms with Gasteiger partial charge in [-0.2, -0.15) is 0 Å². The van der Waals surface area contributed by atoms with Crippen LogP contribution in [0.25, 0.3) is 0 Å². The van der Waals surface area contributed by atoms with Gasteiger partial charge in [-0.05, 0) is 0 Å². The van der Waals surface area contributed by atoms with Crippen molar-refractivity contribution in [2.45, 2.75) is 0 Å². The van der Waals surface area contributed by atoms with E-state index in [2.05, 4.69) is 32.8 Å². The van der Waals surface area contributed by atoms with Crippen molar-refractivity contribution in [3.8, 4) is 0 Å². The third-order valence-electron chi connectivity index (χ3n) is 0.683. The lowest BCUT2D eigenvalue weighted by molar-refractivity contribution is 0.843. The van der Waals surface area contributed by atoms with Gasteiger partial charge in [0.05, 0.1) is 0 Å². The van der Waals surface area contributed by atoms with E-state index in [1.807, 2.05) is 0 Å². The first-order valence-electron chi connectivity index (χ1n) is 2.56. The van der Waals surface area contributed by atoms with Crippen LogP contribution >= 0.6 is 0 Å². The van der Waals surface area contributed by atoms with Crippen molar-refractivity contribution < 1.29 is 0 Å². The molecule has 0 rings (SSSR count). The summed E-state index contributed by atoms with van der Waals surface area (Å²) in [6.07, 6.45) is 0. The normalized spacial score (nSPS) is 11.6. The summed E-state index contributed by atoms with van der Waals surface area (Å²) < 4.78 is 0.